The first kappa shape index (κ1) is 12.2. The number of aromatic hydroxyl groups is 1. The fourth-order valence-electron chi connectivity index (χ4n) is 2.66. The molecule has 0 spiro atoms. The van der Waals surface area contributed by atoms with E-state index in [-0.39, 0.29) is 5.75 Å². The second-order valence-corrected chi connectivity index (χ2v) is 5.19. The second kappa shape index (κ2) is 5.43. The Morgan fingerprint density at radius 2 is 1.68 bits per heavy atom. The molecule has 1 saturated carbocycles. The van der Waals surface area contributed by atoms with Gasteiger partial charge in [0.25, 0.3) is 0 Å². The Morgan fingerprint density at radius 3 is 2.37 bits per heavy atom. The van der Waals surface area contributed by atoms with Crippen LogP contribution in [0, 0.1) is 0 Å². The van der Waals surface area contributed by atoms with E-state index in [2.05, 4.69) is 10.1 Å². The van der Waals surface area contributed by atoms with Crippen LogP contribution < -0.4 is 0 Å². The van der Waals surface area contributed by atoms with Crippen molar-refractivity contribution in [1.29, 1.82) is 0 Å². The van der Waals surface area contributed by atoms with Crippen LogP contribution in [-0.4, -0.2) is 15.2 Å². The third-order valence-electron chi connectivity index (χ3n) is 3.77. The van der Waals surface area contributed by atoms with E-state index in [1.165, 1.54) is 25.7 Å². The van der Waals surface area contributed by atoms with Gasteiger partial charge >= 0.3 is 0 Å². The van der Waals surface area contributed by atoms with Crippen molar-refractivity contribution in [2.45, 2.75) is 44.4 Å². The summed E-state index contributed by atoms with van der Waals surface area (Å²) in [6.07, 6.45) is 7.43. The second-order valence-electron chi connectivity index (χ2n) is 5.19. The summed E-state index contributed by atoms with van der Waals surface area (Å²) in [5.41, 5.74) is 0.876. The van der Waals surface area contributed by atoms with Crippen molar-refractivity contribution in [3.05, 3.63) is 30.2 Å². The molecular weight excluding hydrogens is 240 g/mol. The Labute approximate surface area is 112 Å². The van der Waals surface area contributed by atoms with Crippen LogP contribution in [0.25, 0.3) is 11.4 Å². The maximum atomic E-state index is 9.28. The van der Waals surface area contributed by atoms with Crippen LogP contribution in [0.15, 0.2) is 28.8 Å². The molecule has 1 N–H and O–H groups in total. The largest absolute Gasteiger partial charge is 0.508 e. The van der Waals surface area contributed by atoms with E-state index in [1.54, 1.807) is 24.3 Å². The fourth-order valence-corrected chi connectivity index (χ4v) is 2.66. The summed E-state index contributed by atoms with van der Waals surface area (Å²) < 4.78 is 5.42. The molecule has 19 heavy (non-hydrogen) atoms. The predicted molar refractivity (Wildman–Crippen MR) is 71.8 cm³/mol. The molecule has 4 nitrogen and oxygen atoms in total. The van der Waals surface area contributed by atoms with Gasteiger partial charge in [-0.2, -0.15) is 4.98 Å². The predicted octanol–water partition coefficient (Wildman–Crippen LogP) is 3.88. The fraction of sp³-hybridized carbons (Fsp3) is 0.467. The highest BCUT2D eigenvalue weighted by atomic mass is 16.5. The number of aromatic nitrogens is 2. The molecule has 1 aliphatic carbocycles. The minimum absolute atomic E-state index is 0.247. The summed E-state index contributed by atoms with van der Waals surface area (Å²) in [5.74, 6) is 2.04. The molecule has 4 heteroatoms. The lowest BCUT2D eigenvalue weighted by atomic mass is 10.0. The molecule has 1 heterocycles. The van der Waals surface area contributed by atoms with Gasteiger partial charge < -0.3 is 9.63 Å². The quantitative estimate of drug-likeness (QED) is 0.830. The Bertz CT molecular complexity index is 525. The van der Waals surface area contributed by atoms with Crippen LogP contribution in [0.5, 0.6) is 5.75 Å². The maximum absolute atomic E-state index is 9.28. The van der Waals surface area contributed by atoms with Crippen molar-refractivity contribution in [2.75, 3.05) is 0 Å². The molecule has 0 aliphatic heterocycles. The van der Waals surface area contributed by atoms with Crippen molar-refractivity contribution in [2.24, 2.45) is 0 Å². The first-order valence-electron chi connectivity index (χ1n) is 6.96. The lowest BCUT2D eigenvalue weighted by molar-refractivity contribution is 0.341. The van der Waals surface area contributed by atoms with Gasteiger partial charge in [-0.25, -0.2) is 0 Å². The Balaban J connectivity index is 1.80. The van der Waals surface area contributed by atoms with E-state index in [9.17, 15) is 5.11 Å². The van der Waals surface area contributed by atoms with E-state index >= 15 is 0 Å². The van der Waals surface area contributed by atoms with E-state index in [1.807, 2.05) is 0 Å². The summed E-state index contributed by atoms with van der Waals surface area (Å²) in [5, 5.41) is 13.3. The van der Waals surface area contributed by atoms with Crippen molar-refractivity contribution < 1.29 is 9.63 Å². The van der Waals surface area contributed by atoms with Gasteiger partial charge in [0.15, 0.2) is 0 Å². The molecule has 0 atom stereocenters. The molecule has 2 aromatic rings. The van der Waals surface area contributed by atoms with Gasteiger partial charge in [0.1, 0.15) is 5.75 Å². The van der Waals surface area contributed by atoms with Crippen molar-refractivity contribution >= 4 is 0 Å². The van der Waals surface area contributed by atoms with Crippen LogP contribution in [0.1, 0.15) is 50.3 Å². The highest BCUT2D eigenvalue weighted by molar-refractivity contribution is 5.55. The highest BCUT2D eigenvalue weighted by Gasteiger charge is 2.20. The first-order valence-corrected chi connectivity index (χ1v) is 6.96. The van der Waals surface area contributed by atoms with Crippen LogP contribution in [0.4, 0.5) is 0 Å². The van der Waals surface area contributed by atoms with Crippen LogP contribution in [-0.2, 0) is 0 Å². The lowest BCUT2D eigenvalue weighted by Crippen LogP contribution is -1.97. The van der Waals surface area contributed by atoms with Crippen molar-refractivity contribution in [1.82, 2.24) is 10.1 Å². The standard InChI is InChI=1S/C15H18N2O2/c18-13-9-7-11(8-10-13)14-16-15(19-17-14)12-5-3-1-2-4-6-12/h7-10,12,18H,1-6H2. The average molecular weight is 258 g/mol. The summed E-state index contributed by atoms with van der Waals surface area (Å²) in [6, 6.07) is 6.88. The van der Waals surface area contributed by atoms with Gasteiger partial charge in [0.05, 0.1) is 0 Å². The van der Waals surface area contributed by atoms with Gasteiger partial charge in [-0.3, -0.25) is 0 Å². The zero-order valence-corrected chi connectivity index (χ0v) is 10.9. The Morgan fingerprint density at radius 1 is 1.00 bits per heavy atom. The third-order valence-corrected chi connectivity index (χ3v) is 3.77. The smallest absolute Gasteiger partial charge is 0.230 e. The van der Waals surface area contributed by atoms with E-state index in [0.29, 0.717) is 11.7 Å². The van der Waals surface area contributed by atoms with Crippen molar-refractivity contribution in [3.63, 3.8) is 0 Å². The molecule has 0 unspecified atom stereocenters. The van der Waals surface area contributed by atoms with E-state index in [0.717, 1.165) is 24.3 Å². The minimum atomic E-state index is 0.247. The summed E-state index contributed by atoms with van der Waals surface area (Å²) in [4.78, 5) is 4.52. The normalized spacial score (nSPS) is 17.3. The van der Waals surface area contributed by atoms with Gasteiger partial charge in [-0.05, 0) is 37.1 Å². The molecule has 1 aliphatic rings. The summed E-state index contributed by atoms with van der Waals surface area (Å²) in [7, 11) is 0. The zero-order valence-electron chi connectivity index (χ0n) is 10.9. The Hall–Kier alpha value is -1.84. The van der Waals surface area contributed by atoms with E-state index < -0.39 is 0 Å². The highest BCUT2D eigenvalue weighted by Crippen LogP contribution is 2.31. The SMILES string of the molecule is Oc1ccc(-c2noc(C3CCCCCC3)n2)cc1. The summed E-state index contributed by atoms with van der Waals surface area (Å²) in [6.45, 7) is 0. The number of nitrogens with zero attached hydrogens (tertiary/aromatic N) is 2. The molecule has 3 rings (SSSR count). The van der Waals surface area contributed by atoms with Gasteiger partial charge in [0, 0.05) is 11.5 Å². The van der Waals surface area contributed by atoms with Gasteiger partial charge in [-0.1, -0.05) is 30.8 Å². The molecule has 1 aromatic carbocycles. The molecular formula is C15H18N2O2. The number of hydrogen-bond donors (Lipinski definition) is 1. The first-order chi connectivity index (χ1) is 9.33. The Kier molecular flexibility index (Phi) is 3.49. The van der Waals surface area contributed by atoms with Gasteiger partial charge in [-0.15, -0.1) is 0 Å². The lowest BCUT2D eigenvalue weighted by Gasteiger charge is -2.06. The van der Waals surface area contributed by atoms with Crippen LogP contribution in [0.2, 0.25) is 0 Å². The number of benzene rings is 1. The third kappa shape index (κ3) is 2.78. The molecule has 0 radical (unpaired) electrons. The van der Waals surface area contributed by atoms with Crippen LogP contribution >= 0.6 is 0 Å². The zero-order chi connectivity index (χ0) is 13.1. The number of phenols is 1. The number of hydrogen-bond acceptors (Lipinski definition) is 4. The van der Waals surface area contributed by atoms with Crippen molar-refractivity contribution in [3.8, 4) is 17.1 Å². The minimum Gasteiger partial charge on any atom is -0.508 e. The number of phenolic OH excluding ortho intramolecular Hbond substituents is 1. The molecule has 0 bridgehead atoms. The maximum Gasteiger partial charge on any atom is 0.230 e. The molecule has 1 fully saturated rings. The molecule has 100 valence electrons. The van der Waals surface area contributed by atoms with Crippen LogP contribution in [0.3, 0.4) is 0 Å². The molecule has 0 saturated heterocycles. The molecule has 0 amide bonds. The van der Waals surface area contributed by atoms with E-state index in [4.69, 9.17) is 4.52 Å². The monoisotopic (exact) mass is 258 g/mol. The average Bonchev–Trinajstić information content (AvgIpc) is 2.76. The van der Waals surface area contributed by atoms with Gasteiger partial charge in [0.2, 0.25) is 11.7 Å². The molecule has 1 aromatic heterocycles. The number of rotatable bonds is 2. The summed E-state index contributed by atoms with van der Waals surface area (Å²) >= 11 is 0. The topological polar surface area (TPSA) is 59.2 Å².